The molecule has 1 saturated heterocycles. The summed E-state index contributed by atoms with van der Waals surface area (Å²) in [6.45, 7) is 5.47. The Kier molecular flexibility index (Phi) is 6.30. The Bertz CT molecular complexity index is 1080. The number of carboxylic acids is 1. The molecule has 1 aliphatic heterocycles. The second-order valence-electron chi connectivity index (χ2n) is 8.76. The average molecular weight is 433 g/mol. The van der Waals surface area contributed by atoms with Crippen molar-refractivity contribution in [2.75, 3.05) is 23.3 Å². The van der Waals surface area contributed by atoms with Gasteiger partial charge in [0.25, 0.3) is 0 Å². The van der Waals surface area contributed by atoms with Gasteiger partial charge in [0.1, 0.15) is 5.82 Å². The number of hydrogen-bond acceptors (Lipinski definition) is 7. The molecule has 1 aliphatic rings. The lowest BCUT2D eigenvalue weighted by atomic mass is 9.86. The van der Waals surface area contributed by atoms with Crippen LogP contribution in [0.2, 0.25) is 0 Å². The summed E-state index contributed by atoms with van der Waals surface area (Å²) in [4.78, 5) is 31.6. The topological polar surface area (TPSA) is 104 Å². The molecular weight excluding hydrogens is 404 g/mol. The van der Waals surface area contributed by atoms with Crippen LogP contribution in [0, 0.1) is 5.41 Å². The van der Waals surface area contributed by atoms with Crippen LogP contribution in [-0.4, -0.2) is 44.1 Å². The maximum atomic E-state index is 11.4. The fraction of sp³-hybridized carbons (Fsp3) is 0.375. The van der Waals surface area contributed by atoms with Crippen molar-refractivity contribution >= 4 is 23.6 Å². The fourth-order valence-electron chi connectivity index (χ4n) is 3.76. The lowest BCUT2D eigenvalue weighted by molar-refractivity contribution is -0.146. The van der Waals surface area contributed by atoms with Crippen molar-refractivity contribution in [3.63, 3.8) is 0 Å². The van der Waals surface area contributed by atoms with Crippen LogP contribution < -0.4 is 10.2 Å². The molecule has 0 atom stereocenters. The number of carboxylic acid groups (broad SMARTS) is 1. The van der Waals surface area contributed by atoms with E-state index in [1.165, 1.54) is 19.3 Å². The smallest absolute Gasteiger partial charge is 0.309 e. The highest BCUT2D eigenvalue weighted by Gasteiger charge is 2.27. The minimum atomic E-state index is -0.808. The van der Waals surface area contributed by atoms with E-state index in [4.69, 9.17) is 0 Å². The number of hydrogen-bond donors (Lipinski definition) is 2. The molecule has 0 radical (unpaired) electrons. The summed E-state index contributed by atoms with van der Waals surface area (Å²) >= 11 is 0. The van der Waals surface area contributed by atoms with E-state index in [2.05, 4.69) is 30.2 Å². The molecule has 2 aromatic heterocycles. The number of aromatic nitrogens is 4. The molecule has 1 fully saturated rings. The number of nitrogens with zero attached hydrogens (tertiary/aromatic N) is 5. The largest absolute Gasteiger partial charge is 0.481 e. The third-order valence-electron chi connectivity index (χ3n) is 5.67. The molecule has 3 aromatic rings. The molecular formula is C24H28N6O2. The Labute approximate surface area is 187 Å². The zero-order valence-corrected chi connectivity index (χ0v) is 18.5. The van der Waals surface area contributed by atoms with Gasteiger partial charge in [0.05, 0.1) is 23.5 Å². The second-order valence-corrected chi connectivity index (χ2v) is 8.76. The lowest BCUT2D eigenvalue weighted by Crippen LogP contribution is -2.30. The fourth-order valence-corrected chi connectivity index (χ4v) is 3.76. The van der Waals surface area contributed by atoms with E-state index in [0.29, 0.717) is 18.2 Å². The van der Waals surface area contributed by atoms with Gasteiger partial charge in [-0.05, 0) is 51.2 Å². The first-order valence-electron chi connectivity index (χ1n) is 10.9. The van der Waals surface area contributed by atoms with Crippen molar-refractivity contribution in [1.29, 1.82) is 0 Å². The predicted octanol–water partition coefficient (Wildman–Crippen LogP) is 4.32. The van der Waals surface area contributed by atoms with Gasteiger partial charge >= 0.3 is 5.97 Å². The highest BCUT2D eigenvalue weighted by atomic mass is 16.4. The summed E-state index contributed by atoms with van der Waals surface area (Å²) in [6, 6.07) is 9.65. The second kappa shape index (κ2) is 9.30. The molecule has 0 unspecified atom stereocenters. The van der Waals surface area contributed by atoms with Crippen LogP contribution in [0.4, 0.5) is 17.6 Å². The first kappa shape index (κ1) is 21.7. The van der Waals surface area contributed by atoms with E-state index in [1.807, 2.05) is 30.3 Å². The number of piperidine rings is 1. The molecule has 0 bridgehead atoms. The van der Waals surface area contributed by atoms with Crippen molar-refractivity contribution in [2.24, 2.45) is 5.41 Å². The summed E-state index contributed by atoms with van der Waals surface area (Å²) in [7, 11) is 0. The quantitative estimate of drug-likeness (QED) is 0.569. The average Bonchev–Trinajstić information content (AvgIpc) is 2.80. The number of rotatable bonds is 7. The number of carbonyl (C=O) groups is 1. The molecule has 4 rings (SSSR count). The number of benzene rings is 1. The van der Waals surface area contributed by atoms with E-state index in [0.717, 1.165) is 35.7 Å². The summed E-state index contributed by atoms with van der Waals surface area (Å²) in [6.07, 6.45) is 9.25. The molecule has 166 valence electrons. The first-order valence-corrected chi connectivity index (χ1v) is 10.9. The Morgan fingerprint density at radius 3 is 2.53 bits per heavy atom. The van der Waals surface area contributed by atoms with Gasteiger partial charge < -0.3 is 15.3 Å². The van der Waals surface area contributed by atoms with E-state index < -0.39 is 11.4 Å². The zero-order valence-electron chi connectivity index (χ0n) is 18.5. The molecule has 0 saturated carbocycles. The van der Waals surface area contributed by atoms with Crippen LogP contribution >= 0.6 is 0 Å². The molecule has 8 heteroatoms. The van der Waals surface area contributed by atoms with Gasteiger partial charge in [-0.15, -0.1) is 0 Å². The Morgan fingerprint density at radius 1 is 1.06 bits per heavy atom. The predicted molar refractivity (Wildman–Crippen MR) is 124 cm³/mol. The third-order valence-corrected chi connectivity index (χ3v) is 5.67. The van der Waals surface area contributed by atoms with Crippen molar-refractivity contribution < 1.29 is 9.90 Å². The number of aliphatic carboxylic acids is 1. The molecule has 1 aromatic carbocycles. The maximum absolute atomic E-state index is 11.4. The van der Waals surface area contributed by atoms with Gasteiger partial charge in [0.15, 0.2) is 5.82 Å². The Balaban J connectivity index is 1.48. The molecule has 0 amide bonds. The number of anilines is 3. The summed E-state index contributed by atoms with van der Waals surface area (Å²) < 4.78 is 0. The molecule has 3 heterocycles. The van der Waals surface area contributed by atoms with E-state index in [1.54, 1.807) is 32.4 Å². The highest BCUT2D eigenvalue weighted by Crippen LogP contribution is 2.25. The van der Waals surface area contributed by atoms with Crippen LogP contribution in [0.5, 0.6) is 0 Å². The standard InChI is InChI=1S/C24H28N6O2/c1-24(2,22(31)32)14-17-6-8-18(9-7-17)19-10-11-26-23(27-19)29-20-15-25-16-21(28-20)30-12-4-3-5-13-30/h6-11,15-16H,3-5,12-14H2,1-2H3,(H,31,32)(H,26,27,28,29). The van der Waals surface area contributed by atoms with Gasteiger partial charge in [-0.3, -0.25) is 9.78 Å². The summed E-state index contributed by atoms with van der Waals surface area (Å²) in [5.74, 6) is 1.12. The van der Waals surface area contributed by atoms with Crippen LogP contribution in [0.25, 0.3) is 11.3 Å². The zero-order chi connectivity index (χ0) is 22.6. The third kappa shape index (κ3) is 5.19. The summed E-state index contributed by atoms with van der Waals surface area (Å²) in [5.41, 5.74) is 1.86. The van der Waals surface area contributed by atoms with Crippen molar-refractivity contribution in [1.82, 2.24) is 19.9 Å². The minimum Gasteiger partial charge on any atom is -0.481 e. The molecule has 2 N–H and O–H groups in total. The molecule has 8 nitrogen and oxygen atoms in total. The highest BCUT2D eigenvalue weighted by molar-refractivity contribution is 5.74. The van der Waals surface area contributed by atoms with Gasteiger partial charge in [-0.2, -0.15) is 0 Å². The molecule has 0 spiro atoms. The van der Waals surface area contributed by atoms with Crippen LogP contribution in [0.15, 0.2) is 48.9 Å². The van der Waals surface area contributed by atoms with E-state index in [-0.39, 0.29) is 0 Å². The first-order chi connectivity index (χ1) is 15.4. The SMILES string of the molecule is CC(C)(Cc1ccc(-c2ccnc(Nc3cncc(N4CCCCC4)n3)n2)cc1)C(=O)O. The van der Waals surface area contributed by atoms with Crippen molar-refractivity contribution in [3.05, 3.63) is 54.5 Å². The van der Waals surface area contributed by atoms with Crippen LogP contribution in [-0.2, 0) is 11.2 Å². The van der Waals surface area contributed by atoms with Crippen molar-refractivity contribution in [2.45, 2.75) is 39.5 Å². The Hall–Kier alpha value is -3.55. The van der Waals surface area contributed by atoms with Gasteiger partial charge in [-0.1, -0.05) is 24.3 Å². The van der Waals surface area contributed by atoms with E-state index >= 15 is 0 Å². The summed E-state index contributed by atoms with van der Waals surface area (Å²) in [5, 5.41) is 12.5. The normalized spacial score (nSPS) is 14.2. The lowest BCUT2D eigenvalue weighted by Gasteiger charge is -2.27. The van der Waals surface area contributed by atoms with Gasteiger partial charge in [-0.25, -0.2) is 15.0 Å². The van der Waals surface area contributed by atoms with Crippen LogP contribution in [0.3, 0.4) is 0 Å². The number of nitrogens with one attached hydrogen (secondary N) is 1. The van der Waals surface area contributed by atoms with Gasteiger partial charge in [0, 0.05) is 24.8 Å². The van der Waals surface area contributed by atoms with Gasteiger partial charge in [0.2, 0.25) is 5.95 Å². The Morgan fingerprint density at radius 2 is 1.81 bits per heavy atom. The van der Waals surface area contributed by atoms with Crippen molar-refractivity contribution in [3.8, 4) is 11.3 Å². The van der Waals surface area contributed by atoms with Crippen LogP contribution in [0.1, 0.15) is 38.7 Å². The van der Waals surface area contributed by atoms with E-state index in [9.17, 15) is 9.90 Å². The molecule has 0 aliphatic carbocycles. The minimum absolute atomic E-state index is 0.448. The maximum Gasteiger partial charge on any atom is 0.309 e. The monoisotopic (exact) mass is 432 g/mol. The molecule has 32 heavy (non-hydrogen) atoms.